The van der Waals surface area contributed by atoms with Crippen LogP contribution in [0.5, 0.6) is 5.75 Å². The maximum Gasteiger partial charge on any atom is 0.242 e. The first kappa shape index (κ1) is 20.5. The van der Waals surface area contributed by atoms with E-state index in [1.165, 1.54) is 38.3 Å². The van der Waals surface area contributed by atoms with E-state index in [-0.39, 0.29) is 9.92 Å². The van der Waals surface area contributed by atoms with Crippen LogP contribution in [0.3, 0.4) is 0 Å². The van der Waals surface area contributed by atoms with Gasteiger partial charge in [-0.2, -0.15) is 4.72 Å². The molecule has 0 bridgehead atoms. The molecule has 2 aromatic rings. The van der Waals surface area contributed by atoms with Crippen molar-refractivity contribution in [2.75, 3.05) is 12.4 Å². The lowest BCUT2D eigenvalue weighted by molar-refractivity contribution is -0.117. The van der Waals surface area contributed by atoms with E-state index in [4.69, 9.17) is 27.9 Å². The highest BCUT2D eigenvalue weighted by atomic mass is 35.5. The standard InChI is InChI=1S/C17H18Cl2N2O4S/c1-10-8-13(5-7-16(10)25-3)26(23,24)21-11(2)17(22)20-12-4-6-14(18)15(19)9-12/h4-9,11,21H,1-3H3,(H,20,22)/t11-/m1/s1. The fourth-order valence-corrected chi connectivity index (χ4v) is 3.78. The van der Waals surface area contributed by atoms with Crippen molar-refractivity contribution >= 4 is 44.8 Å². The molecule has 0 saturated carbocycles. The first-order chi connectivity index (χ1) is 12.1. The van der Waals surface area contributed by atoms with Crippen LogP contribution in [-0.2, 0) is 14.8 Å². The Labute approximate surface area is 162 Å². The number of rotatable bonds is 6. The van der Waals surface area contributed by atoms with Crippen LogP contribution in [0.4, 0.5) is 5.69 Å². The van der Waals surface area contributed by atoms with E-state index in [2.05, 4.69) is 10.0 Å². The number of benzene rings is 2. The van der Waals surface area contributed by atoms with Gasteiger partial charge in [-0.3, -0.25) is 4.79 Å². The number of anilines is 1. The second kappa shape index (κ2) is 8.26. The summed E-state index contributed by atoms with van der Waals surface area (Å²) >= 11 is 11.7. The SMILES string of the molecule is COc1ccc(S(=O)(=O)N[C@H](C)C(=O)Nc2ccc(Cl)c(Cl)c2)cc1C. The Bertz CT molecular complexity index is 932. The van der Waals surface area contributed by atoms with Crippen molar-refractivity contribution < 1.29 is 17.9 Å². The number of amides is 1. The summed E-state index contributed by atoms with van der Waals surface area (Å²) in [4.78, 5) is 12.3. The number of methoxy groups -OCH3 is 1. The first-order valence-corrected chi connectivity index (χ1v) is 9.81. The molecular formula is C17H18Cl2N2O4S. The monoisotopic (exact) mass is 416 g/mol. The van der Waals surface area contributed by atoms with Crippen molar-refractivity contribution in [3.05, 3.63) is 52.0 Å². The van der Waals surface area contributed by atoms with Gasteiger partial charge in [-0.05, 0) is 55.8 Å². The summed E-state index contributed by atoms with van der Waals surface area (Å²) in [6.07, 6.45) is 0. The van der Waals surface area contributed by atoms with Gasteiger partial charge in [0.25, 0.3) is 0 Å². The number of nitrogens with one attached hydrogen (secondary N) is 2. The summed E-state index contributed by atoms with van der Waals surface area (Å²) in [6.45, 7) is 3.18. The zero-order chi connectivity index (χ0) is 19.5. The van der Waals surface area contributed by atoms with E-state index >= 15 is 0 Å². The fraction of sp³-hybridized carbons (Fsp3) is 0.235. The Kier molecular flexibility index (Phi) is 6.52. The average molecular weight is 417 g/mol. The molecule has 0 spiro atoms. The lowest BCUT2D eigenvalue weighted by atomic mass is 10.2. The van der Waals surface area contributed by atoms with Crippen LogP contribution in [-0.4, -0.2) is 27.5 Å². The maximum atomic E-state index is 12.5. The molecule has 26 heavy (non-hydrogen) atoms. The van der Waals surface area contributed by atoms with Gasteiger partial charge in [0.1, 0.15) is 5.75 Å². The van der Waals surface area contributed by atoms with E-state index in [1.807, 2.05) is 0 Å². The Morgan fingerprint density at radius 2 is 1.81 bits per heavy atom. The third kappa shape index (κ3) is 4.88. The number of carbonyl (C=O) groups excluding carboxylic acids is 1. The largest absolute Gasteiger partial charge is 0.496 e. The van der Waals surface area contributed by atoms with E-state index in [0.29, 0.717) is 22.0 Å². The van der Waals surface area contributed by atoms with Crippen molar-refractivity contribution in [3.8, 4) is 5.75 Å². The second-order valence-electron chi connectivity index (χ2n) is 5.59. The van der Waals surface area contributed by atoms with Crippen LogP contribution < -0.4 is 14.8 Å². The minimum absolute atomic E-state index is 0.0463. The molecule has 9 heteroatoms. The Morgan fingerprint density at radius 3 is 2.38 bits per heavy atom. The highest BCUT2D eigenvalue weighted by Crippen LogP contribution is 2.25. The summed E-state index contributed by atoms with van der Waals surface area (Å²) in [5.74, 6) is 0.0477. The smallest absolute Gasteiger partial charge is 0.242 e. The van der Waals surface area contributed by atoms with Crippen LogP contribution in [0.15, 0.2) is 41.3 Å². The van der Waals surface area contributed by atoms with Gasteiger partial charge in [-0.1, -0.05) is 23.2 Å². The first-order valence-electron chi connectivity index (χ1n) is 7.57. The van der Waals surface area contributed by atoms with Crippen LogP contribution >= 0.6 is 23.2 Å². The molecule has 0 aliphatic rings. The van der Waals surface area contributed by atoms with Crippen LogP contribution in [0, 0.1) is 6.92 Å². The lowest BCUT2D eigenvalue weighted by Crippen LogP contribution is -2.41. The summed E-state index contributed by atoms with van der Waals surface area (Å²) in [5, 5.41) is 3.22. The van der Waals surface area contributed by atoms with E-state index < -0.39 is 22.0 Å². The summed E-state index contributed by atoms with van der Waals surface area (Å²) < 4.78 is 32.4. The molecule has 1 amide bonds. The molecular weight excluding hydrogens is 399 g/mol. The van der Waals surface area contributed by atoms with E-state index in [0.717, 1.165) is 0 Å². The van der Waals surface area contributed by atoms with Crippen LogP contribution in [0.2, 0.25) is 10.0 Å². The molecule has 6 nitrogen and oxygen atoms in total. The minimum atomic E-state index is -3.87. The van der Waals surface area contributed by atoms with Crippen molar-refractivity contribution in [2.45, 2.75) is 24.8 Å². The zero-order valence-corrected chi connectivity index (χ0v) is 16.7. The number of aryl methyl sites for hydroxylation is 1. The Balaban J connectivity index is 2.11. The predicted octanol–water partition coefficient (Wildman–Crippen LogP) is 3.62. The predicted molar refractivity (Wildman–Crippen MR) is 103 cm³/mol. The van der Waals surface area contributed by atoms with Gasteiger partial charge in [-0.25, -0.2) is 8.42 Å². The number of carbonyl (C=O) groups is 1. The average Bonchev–Trinajstić information content (AvgIpc) is 2.57. The Morgan fingerprint density at radius 1 is 1.12 bits per heavy atom. The zero-order valence-electron chi connectivity index (χ0n) is 14.3. The molecule has 0 radical (unpaired) electrons. The van der Waals surface area contributed by atoms with Crippen LogP contribution in [0.1, 0.15) is 12.5 Å². The third-order valence-corrected chi connectivity index (χ3v) is 5.87. The minimum Gasteiger partial charge on any atom is -0.496 e. The lowest BCUT2D eigenvalue weighted by Gasteiger charge is -2.15. The molecule has 0 aliphatic carbocycles. The summed E-state index contributed by atoms with van der Waals surface area (Å²) in [5.41, 5.74) is 1.08. The van der Waals surface area contributed by atoms with Gasteiger partial charge >= 0.3 is 0 Å². The van der Waals surface area contributed by atoms with Gasteiger partial charge in [0, 0.05) is 5.69 Å². The summed E-state index contributed by atoms with van der Waals surface area (Å²) in [6, 6.07) is 8.04. The summed E-state index contributed by atoms with van der Waals surface area (Å²) in [7, 11) is -2.37. The highest BCUT2D eigenvalue weighted by molar-refractivity contribution is 7.89. The maximum absolute atomic E-state index is 12.5. The molecule has 140 valence electrons. The van der Waals surface area contributed by atoms with Crippen LogP contribution in [0.25, 0.3) is 0 Å². The topological polar surface area (TPSA) is 84.5 Å². The van der Waals surface area contributed by atoms with Crippen molar-refractivity contribution in [3.63, 3.8) is 0 Å². The molecule has 1 atom stereocenters. The number of halogens is 2. The van der Waals surface area contributed by atoms with Crippen molar-refractivity contribution in [1.82, 2.24) is 4.72 Å². The molecule has 2 N–H and O–H groups in total. The van der Waals surface area contributed by atoms with E-state index in [9.17, 15) is 13.2 Å². The van der Waals surface area contributed by atoms with Gasteiger partial charge in [0.05, 0.1) is 28.1 Å². The molecule has 0 aliphatic heterocycles. The van der Waals surface area contributed by atoms with Gasteiger partial charge in [0.15, 0.2) is 0 Å². The van der Waals surface area contributed by atoms with Gasteiger partial charge in [-0.15, -0.1) is 0 Å². The molecule has 2 aromatic carbocycles. The molecule has 2 rings (SSSR count). The second-order valence-corrected chi connectivity index (χ2v) is 8.12. The molecule has 0 heterocycles. The number of ether oxygens (including phenoxy) is 1. The van der Waals surface area contributed by atoms with Gasteiger partial charge < -0.3 is 10.1 Å². The number of hydrogen-bond donors (Lipinski definition) is 2. The molecule has 0 unspecified atom stereocenters. The molecule has 0 aromatic heterocycles. The van der Waals surface area contributed by atoms with Crippen molar-refractivity contribution in [2.24, 2.45) is 0 Å². The third-order valence-electron chi connectivity index (χ3n) is 3.59. The number of sulfonamides is 1. The van der Waals surface area contributed by atoms with Crippen molar-refractivity contribution in [1.29, 1.82) is 0 Å². The van der Waals surface area contributed by atoms with E-state index in [1.54, 1.807) is 19.1 Å². The normalized spacial score (nSPS) is 12.5. The fourth-order valence-electron chi connectivity index (χ4n) is 2.20. The Hall–Kier alpha value is -1.80. The molecule has 0 fully saturated rings. The number of hydrogen-bond acceptors (Lipinski definition) is 4. The highest BCUT2D eigenvalue weighted by Gasteiger charge is 2.23. The quantitative estimate of drug-likeness (QED) is 0.752. The molecule has 0 saturated heterocycles. The van der Waals surface area contributed by atoms with Gasteiger partial charge in [0.2, 0.25) is 15.9 Å².